The van der Waals surface area contributed by atoms with Gasteiger partial charge in [-0.05, 0) is 32.1 Å². The summed E-state index contributed by atoms with van der Waals surface area (Å²) in [5.41, 5.74) is 0. The van der Waals surface area contributed by atoms with Gasteiger partial charge in [0.25, 0.3) is 0 Å². The van der Waals surface area contributed by atoms with Crippen LogP contribution in [0, 0.1) is 0 Å². The van der Waals surface area contributed by atoms with E-state index in [0.29, 0.717) is 12.8 Å². The molecule has 5 atom stereocenters. The lowest BCUT2D eigenvalue weighted by atomic mass is 10.0. The number of hydrogen-bond acceptors (Lipinski definition) is 5. The third kappa shape index (κ3) is 10.6. The number of ether oxygens (including phenoxy) is 1. The molecule has 1 aliphatic heterocycles. The molecule has 0 spiro atoms. The van der Waals surface area contributed by atoms with E-state index in [4.69, 9.17) is 9.84 Å². The van der Waals surface area contributed by atoms with Crippen molar-refractivity contribution in [2.45, 2.75) is 82.4 Å². The second-order valence-corrected chi connectivity index (χ2v) is 6.92. The van der Waals surface area contributed by atoms with Crippen LogP contribution in [0.15, 0.2) is 48.6 Å². The summed E-state index contributed by atoms with van der Waals surface area (Å²) in [4.78, 5) is 10.5. The number of carboxylic acid groups (broad SMARTS) is 1. The highest BCUT2D eigenvalue weighted by Gasteiger charge is 2.36. The maximum atomic E-state index is 10.5. The number of aliphatic carboxylic acids is 1. The Bertz CT molecular complexity index is 551. The highest BCUT2D eigenvalue weighted by Crippen LogP contribution is 2.26. The van der Waals surface area contributed by atoms with E-state index in [-0.39, 0.29) is 18.9 Å². The number of allylic oxidation sites excluding steroid dienone is 5. The molecule has 0 amide bonds. The van der Waals surface area contributed by atoms with Crippen LogP contribution in [0.3, 0.4) is 0 Å². The molecule has 1 heterocycles. The van der Waals surface area contributed by atoms with Crippen LogP contribution < -0.4 is 0 Å². The molecule has 0 aliphatic carbocycles. The third-order valence-electron chi connectivity index (χ3n) is 4.47. The number of hydrogen-bond donors (Lipinski definition) is 4. The van der Waals surface area contributed by atoms with Crippen LogP contribution in [0.2, 0.25) is 0 Å². The Balaban J connectivity index is 2.32. The van der Waals surface area contributed by atoms with Crippen LogP contribution in [-0.2, 0) is 9.53 Å². The summed E-state index contributed by atoms with van der Waals surface area (Å²) in [6.07, 6.45) is 15.5. The van der Waals surface area contributed by atoms with Gasteiger partial charge in [0, 0.05) is 12.8 Å². The van der Waals surface area contributed by atoms with E-state index < -0.39 is 30.4 Å². The van der Waals surface area contributed by atoms with Gasteiger partial charge < -0.3 is 25.2 Å². The van der Waals surface area contributed by atoms with E-state index >= 15 is 0 Å². The highest BCUT2D eigenvalue weighted by molar-refractivity contribution is 5.66. The molecule has 4 N–H and O–H groups in total. The largest absolute Gasteiger partial charge is 0.481 e. The average Bonchev–Trinajstić information content (AvgIpc) is 3.03. The summed E-state index contributed by atoms with van der Waals surface area (Å²) < 4.78 is 5.73. The number of rotatable bonds is 13. The van der Waals surface area contributed by atoms with Gasteiger partial charge in [-0.3, -0.25) is 4.79 Å². The lowest BCUT2D eigenvalue weighted by molar-refractivity contribution is -0.137. The van der Waals surface area contributed by atoms with E-state index in [1.807, 2.05) is 12.2 Å². The van der Waals surface area contributed by atoms with Crippen molar-refractivity contribution >= 4 is 5.97 Å². The smallest absolute Gasteiger partial charge is 0.303 e. The Kier molecular flexibility index (Phi) is 12.4. The molecule has 0 radical (unpaired) electrons. The fraction of sp³-hybridized carbons (Fsp3) is 0.591. The number of carbonyl (C=O) groups is 1. The first-order valence-electron chi connectivity index (χ1n) is 9.98. The van der Waals surface area contributed by atoms with Gasteiger partial charge in [0.2, 0.25) is 0 Å². The quantitative estimate of drug-likeness (QED) is 0.358. The minimum atomic E-state index is -0.977. The first-order chi connectivity index (χ1) is 13.4. The lowest BCUT2D eigenvalue weighted by Crippen LogP contribution is -2.24. The topological polar surface area (TPSA) is 107 Å². The minimum Gasteiger partial charge on any atom is -0.481 e. The van der Waals surface area contributed by atoms with Crippen LogP contribution in [0.5, 0.6) is 0 Å². The normalized spacial score (nSPS) is 25.5. The van der Waals surface area contributed by atoms with Crippen molar-refractivity contribution < 1.29 is 30.0 Å². The number of aliphatic hydroxyl groups excluding tert-OH is 3. The molecule has 1 aliphatic rings. The Morgan fingerprint density at radius 2 is 1.71 bits per heavy atom. The second kappa shape index (κ2) is 14.3. The van der Waals surface area contributed by atoms with Crippen molar-refractivity contribution in [3.05, 3.63) is 48.6 Å². The Morgan fingerprint density at radius 1 is 1.07 bits per heavy atom. The molecular formula is C22H34O6. The first kappa shape index (κ1) is 24.3. The van der Waals surface area contributed by atoms with Crippen LogP contribution in [0.1, 0.15) is 51.9 Å². The van der Waals surface area contributed by atoms with Crippen molar-refractivity contribution in [3.8, 4) is 0 Å². The van der Waals surface area contributed by atoms with Gasteiger partial charge in [-0.2, -0.15) is 0 Å². The molecule has 0 aromatic heterocycles. The summed E-state index contributed by atoms with van der Waals surface area (Å²) in [6, 6.07) is 0. The maximum absolute atomic E-state index is 10.5. The fourth-order valence-electron chi connectivity index (χ4n) is 2.87. The van der Waals surface area contributed by atoms with E-state index in [0.717, 1.165) is 19.3 Å². The van der Waals surface area contributed by atoms with Crippen molar-refractivity contribution in [3.63, 3.8) is 0 Å². The highest BCUT2D eigenvalue weighted by atomic mass is 16.5. The molecule has 6 nitrogen and oxygen atoms in total. The van der Waals surface area contributed by atoms with Crippen molar-refractivity contribution in [1.82, 2.24) is 0 Å². The molecule has 28 heavy (non-hydrogen) atoms. The number of carboxylic acids is 1. The fourth-order valence-corrected chi connectivity index (χ4v) is 2.87. The van der Waals surface area contributed by atoms with Crippen LogP contribution in [-0.4, -0.2) is 56.9 Å². The SMILES string of the molecule is CC/C=C\C/C=C\C/C=C\C[C@@H]1O[C@@H]([C@H](O)/C=C/[C@@H](O)CCC(=O)O)C[C@H]1O. The zero-order valence-electron chi connectivity index (χ0n) is 16.6. The monoisotopic (exact) mass is 394 g/mol. The van der Waals surface area contributed by atoms with Crippen LogP contribution in [0.25, 0.3) is 0 Å². The van der Waals surface area contributed by atoms with Crippen molar-refractivity contribution in [1.29, 1.82) is 0 Å². The van der Waals surface area contributed by atoms with E-state index in [2.05, 4.69) is 31.2 Å². The van der Waals surface area contributed by atoms with E-state index in [1.54, 1.807) is 0 Å². The van der Waals surface area contributed by atoms with E-state index in [9.17, 15) is 20.1 Å². The molecule has 158 valence electrons. The first-order valence-corrected chi connectivity index (χ1v) is 9.98. The summed E-state index contributed by atoms with van der Waals surface area (Å²) in [7, 11) is 0. The molecule has 1 saturated heterocycles. The van der Waals surface area contributed by atoms with Gasteiger partial charge in [0.15, 0.2) is 0 Å². The molecule has 1 rings (SSSR count). The van der Waals surface area contributed by atoms with Crippen LogP contribution >= 0.6 is 0 Å². The Hall–Kier alpha value is -1.73. The summed E-state index contributed by atoms with van der Waals surface area (Å²) in [6.45, 7) is 2.11. The van der Waals surface area contributed by atoms with Gasteiger partial charge in [-0.25, -0.2) is 0 Å². The van der Waals surface area contributed by atoms with E-state index in [1.165, 1.54) is 12.2 Å². The molecule has 1 fully saturated rings. The molecule has 0 unspecified atom stereocenters. The number of aliphatic hydroxyl groups is 3. The Morgan fingerprint density at radius 3 is 2.36 bits per heavy atom. The predicted octanol–water partition coefficient (Wildman–Crippen LogP) is 2.90. The predicted molar refractivity (Wildman–Crippen MR) is 109 cm³/mol. The zero-order valence-corrected chi connectivity index (χ0v) is 16.6. The molecule has 6 heteroatoms. The molecule has 0 bridgehead atoms. The summed E-state index contributed by atoms with van der Waals surface area (Å²) >= 11 is 0. The maximum Gasteiger partial charge on any atom is 0.303 e. The minimum absolute atomic E-state index is 0.0868. The van der Waals surface area contributed by atoms with Gasteiger partial charge in [0.05, 0.1) is 30.5 Å². The average molecular weight is 395 g/mol. The zero-order chi connectivity index (χ0) is 20.8. The third-order valence-corrected chi connectivity index (χ3v) is 4.47. The van der Waals surface area contributed by atoms with Gasteiger partial charge in [-0.1, -0.05) is 55.5 Å². The van der Waals surface area contributed by atoms with Gasteiger partial charge in [0.1, 0.15) is 0 Å². The lowest BCUT2D eigenvalue weighted by Gasteiger charge is -2.16. The van der Waals surface area contributed by atoms with Crippen LogP contribution in [0.4, 0.5) is 0 Å². The molecular weight excluding hydrogens is 360 g/mol. The van der Waals surface area contributed by atoms with Crippen molar-refractivity contribution in [2.75, 3.05) is 0 Å². The summed E-state index contributed by atoms with van der Waals surface area (Å²) in [5, 5.41) is 38.5. The molecule has 0 aromatic carbocycles. The summed E-state index contributed by atoms with van der Waals surface area (Å²) in [5.74, 6) is -0.977. The van der Waals surface area contributed by atoms with Gasteiger partial charge in [-0.15, -0.1) is 0 Å². The van der Waals surface area contributed by atoms with Gasteiger partial charge >= 0.3 is 5.97 Å². The standard InChI is InChI=1S/C22H34O6/c1-2-3-4-5-6-7-8-9-10-11-20-19(25)16-21(28-20)18(24)14-12-17(23)13-15-22(26)27/h3-4,6-7,9-10,12,14,17-21,23-25H,2,5,8,11,13,15-16H2,1H3,(H,26,27)/b4-3-,7-6-,10-9-,14-12+/t17-,18-,19-,20+,21-/m1/s1. The molecule has 0 aromatic rings. The van der Waals surface area contributed by atoms with Crippen molar-refractivity contribution in [2.24, 2.45) is 0 Å². The Labute approximate surface area is 167 Å². The molecule has 0 saturated carbocycles. The second-order valence-electron chi connectivity index (χ2n) is 6.92.